The van der Waals surface area contributed by atoms with Gasteiger partial charge in [-0.15, -0.1) is 0 Å². The lowest BCUT2D eigenvalue weighted by molar-refractivity contribution is -0.128. The fraction of sp³-hybridized carbons (Fsp3) is 0.263. The van der Waals surface area contributed by atoms with Crippen LogP contribution in [-0.4, -0.2) is 41.5 Å². The van der Waals surface area contributed by atoms with Crippen LogP contribution in [0.3, 0.4) is 0 Å². The van der Waals surface area contributed by atoms with Crippen LogP contribution in [0.1, 0.15) is 17.4 Å². The van der Waals surface area contributed by atoms with Crippen molar-refractivity contribution < 1.29 is 19.1 Å². The molecular formula is C19H18N2O4. The Hall–Kier alpha value is -2.86. The van der Waals surface area contributed by atoms with Crippen molar-refractivity contribution in [3.05, 3.63) is 65.7 Å². The molecule has 2 aromatic rings. The molecule has 2 aromatic carbocycles. The molecule has 3 amide bonds. The number of benzene rings is 2. The third-order valence-electron chi connectivity index (χ3n) is 4.59. The van der Waals surface area contributed by atoms with E-state index in [1.807, 2.05) is 54.6 Å². The molecule has 2 aliphatic rings. The Morgan fingerprint density at radius 1 is 1.08 bits per heavy atom. The number of rotatable bonds is 4. The van der Waals surface area contributed by atoms with Gasteiger partial charge in [0, 0.05) is 5.56 Å². The Labute approximate surface area is 145 Å². The maximum absolute atomic E-state index is 12.8. The molecule has 0 saturated carbocycles. The Balaban J connectivity index is 1.56. The summed E-state index contributed by atoms with van der Waals surface area (Å²) in [6.45, 7) is 0.472. The van der Waals surface area contributed by atoms with Crippen LogP contribution in [0, 0.1) is 0 Å². The minimum atomic E-state index is -0.545. The van der Waals surface area contributed by atoms with Crippen LogP contribution >= 0.6 is 0 Å². The van der Waals surface area contributed by atoms with Gasteiger partial charge in [0.15, 0.2) is 6.23 Å². The summed E-state index contributed by atoms with van der Waals surface area (Å²) in [7, 11) is 1.60. The quantitative estimate of drug-likeness (QED) is 0.804. The predicted octanol–water partition coefficient (Wildman–Crippen LogP) is 2.56. The highest BCUT2D eigenvalue weighted by atomic mass is 16.5. The molecule has 2 atom stereocenters. The minimum Gasteiger partial charge on any atom is -0.497 e. The summed E-state index contributed by atoms with van der Waals surface area (Å²) in [5.41, 5.74) is 1.75. The fourth-order valence-electron chi connectivity index (χ4n) is 3.28. The fourth-order valence-corrected chi connectivity index (χ4v) is 3.28. The van der Waals surface area contributed by atoms with Crippen molar-refractivity contribution >= 4 is 11.9 Å². The number of imide groups is 1. The molecule has 2 aliphatic heterocycles. The molecule has 4 rings (SSSR count). The topological polar surface area (TPSA) is 59.1 Å². The summed E-state index contributed by atoms with van der Waals surface area (Å²) in [5, 5.41) is 0. The molecule has 0 radical (unpaired) electrons. The molecule has 2 saturated heterocycles. The summed E-state index contributed by atoms with van der Waals surface area (Å²) < 4.78 is 10.8. The van der Waals surface area contributed by atoms with Crippen LogP contribution in [0.4, 0.5) is 4.79 Å². The van der Waals surface area contributed by atoms with Gasteiger partial charge in [0.1, 0.15) is 11.8 Å². The van der Waals surface area contributed by atoms with E-state index < -0.39 is 12.3 Å². The molecule has 25 heavy (non-hydrogen) atoms. The number of hydrogen-bond donors (Lipinski definition) is 0. The van der Waals surface area contributed by atoms with Crippen molar-refractivity contribution in [1.82, 2.24) is 9.80 Å². The average Bonchev–Trinajstić information content (AvgIpc) is 3.19. The number of carbonyl (C=O) groups is 2. The zero-order valence-electron chi connectivity index (χ0n) is 13.8. The van der Waals surface area contributed by atoms with Crippen LogP contribution < -0.4 is 4.74 Å². The van der Waals surface area contributed by atoms with E-state index in [-0.39, 0.29) is 25.1 Å². The van der Waals surface area contributed by atoms with E-state index >= 15 is 0 Å². The largest absolute Gasteiger partial charge is 0.497 e. The van der Waals surface area contributed by atoms with Crippen molar-refractivity contribution in [2.45, 2.75) is 18.8 Å². The molecular weight excluding hydrogens is 320 g/mol. The molecule has 0 N–H and O–H groups in total. The Bertz CT molecular complexity index is 791. The first-order valence-corrected chi connectivity index (χ1v) is 8.12. The second-order valence-corrected chi connectivity index (χ2v) is 6.07. The molecule has 0 aromatic heterocycles. The highest BCUT2D eigenvalue weighted by molar-refractivity contribution is 6.04. The van der Waals surface area contributed by atoms with Gasteiger partial charge in [-0.05, 0) is 17.7 Å². The monoisotopic (exact) mass is 338 g/mol. The van der Waals surface area contributed by atoms with Crippen molar-refractivity contribution in [3.8, 4) is 5.75 Å². The normalized spacial score (nSPS) is 22.4. The highest BCUT2D eigenvalue weighted by Gasteiger charge is 2.52. The van der Waals surface area contributed by atoms with Crippen LogP contribution in [0.25, 0.3) is 0 Å². The van der Waals surface area contributed by atoms with Crippen LogP contribution in [-0.2, 0) is 16.1 Å². The Morgan fingerprint density at radius 2 is 1.80 bits per heavy atom. The molecule has 6 nitrogen and oxygen atoms in total. The summed E-state index contributed by atoms with van der Waals surface area (Å²) in [5.74, 6) is 0.528. The first kappa shape index (κ1) is 15.7. The molecule has 2 heterocycles. The smallest absolute Gasteiger partial charge is 0.330 e. The van der Waals surface area contributed by atoms with Crippen molar-refractivity contribution in [3.63, 3.8) is 0 Å². The summed E-state index contributed by atoms with van der Waals surface area (Å²) >= 11 is 0. The third-order valence-corrected chi connectivity index (χ3v) is 4.59. The number of nitrogens with zero attached hydrogens (tertiary/aromatic N) is 2. The number of carbonyl (C=O) groups excluding carboxylic acids is 2. The minimum absolute atomic E-state index is 0.209. The van der Waals surface area contributed by atoms with E-state index in [1.165, 1.54) is 4.90 Å². The number of hydrogen-bond acceptors (Lipinski definition) is 4. The lowest BCUT2D eigenvalue weighted by Crippen LogP contribution is -2.34. The average molecular weight is 338 g/mol. The SMILES string of the molecule is COc1ccc(CN2C(=O)[C@H]3COC(c4ccccc4)N3C2=O)cc1. The second-order valence-electron chi connectivity index (χ2n) is 6.07. The Morgan fingerprint density at radius 3 is 2.48 bits per heavy atom. The molecule has 128 valence electrons. The first-order chi connectivity index (χ1) is 12.2. The zero-order chi connectivity index (χ0) is 17.4. The van der Waals surface area contributed by atoms with Gasteiger partial charge in [-0.2, -0.15) is 0 Å². The highest BCUT2D eigenvalue weighted by Crippen LogP contribution is 2.36. The number of fused-ring (bicyclic) bond motifs is 1. The summed E-state index contributed by atoms with van der Waals surface area (Å²) in [6.07, 6.45) is -0.511. The van der Waals surface area contributed by atoms with Crippen LogP contribution in [0.15, 0.2) is 54.6 Å². The summed E-state index contributed by atoms with van der Waals surface area (Å²) in [4.78, 5) is 28.3. The lowest BCUT2D eigenvalue weighted by Gasteiger charge is -2.22. The van der Waals surface area contributed by atoms with Crippen molar-refractivity contribution in [1.29, 1.82) is 0 Å². The van der Waals surface area contributed by atoms with Gasteiger partial charge in [-0.25, -0.2) is 4.79 Å². The Kier molecular flexibility index (Phi) is 3.89. The van der Waals surface area contributed by atoms with E-state index in [9.17, 15) is 9.59 Å². The zero-order valence-corrected chi connectivity index (χ0v) is 13.8. The number of amides is 3. The van der Waals surface area contributed by atoms with E-state index in [1.54, 1.807) is 12.0 Å². The van der Waals surface area contributed by atoms with E-state index in [0.29, 0.717) is 0 Å². The maximum atomic E-state index is 12.8. The van der Waals surface area contributed by atoms with E-state index in [0.717, 1.165) is 16.9 Å². The molecule has 6 heteroatoms. The summed E-state index contributed by atoms with van der Waals surface area (Å²) in [6, 6.07) is 16.0. The van der Waals surface area contributed by atoms with Crippen LogP contribution in [0.5, 0.6) is 5.75 Å². The van der Waals surface area contributed by atoms with Crippen molar-refractivity contribution in [2.75, 3.05) is 13.7 Å². The standard InChI is InChI=1S/C19H18N2O4/c1-24-15-9-7-13(8-10-15)11-20-17(22)16-12-25-18(21(16)19(20)23)14-5-3-2-4-6-14/h2-10,16,18H,11-12H2,1H3/t16-,18?/m1/s1. The third kappa shape index (κ3) is 2.64. The molecule has 2 fully saturated rings. The van der Waals surface area contributed by atoms with Gasteiger partial charge in [-0.3, -0.25) is 14.6 Å². The maximum Gasteiger partial charge on any atom is 0.330 e. The van der Waals surface area contributed by atoms with Gasteiger partial charge in [0.2, 0.25) is 0 Å². The molecule has 1 unspecified atom stereocenters. The molecule has 0 aliphatic carbocycles. The van der Waals surface area contributed by atoms with Gasteiger partial charge in [0.25, 0.3) is 5.91 Å². The van der Waals surface area contributed by atoms with E-state index in [4.69, 9.17) is 9.47 Å². The second kappa shape index (κ2) is 6.22. The number of methoxy groups -OCH3 is 1. The van der Waals surface area contributed by atoms with E-state index in [2.05, 4.69) is 0 Å². The van der Waals surface area contributed by atoms with Gasteiger partial charge in [0.05, 0.1) is 20.3 Å². The van der Waals surface area contributed by atoms with Gasteiger partial charge < -0.3 is 9.47 Å². The predicted molar refractivity (Wildman–Crippen MR) is 89.7 cm³/mol. The van der Waals surface area contributed by atoms with Gasteiger partial charge in [-0.1, -0.05) is 42.5 Å². The van der Waals surface area contributed by atoms with Crippen molar-refractivity contribution in [2.24, 2.45) is 0 Å². The first-order valence-electron chi connectivity index (χ1n) is 8.12. The number of ether oxygens (including phenoxy) is 2. The van der Waals surface area contributed by atoms with Crippen LogP contribution in [0.2, 0.25) is 0 Å². The van der Waals surface area contributed by atoms with Gasteiger partial charge >= 0.3 is 6.03 Å². The molecule has 0 bridgehead atoms. The lowest BCUT2D eigenvalue weighted by atomic mass is 10.2. The molecule has 0 spiro atoms. The number of urea groups is 1.